The Morgan fingerprint density at radius 3 is 2.71 bits per heavy atom. The normalized spacial score (nSPS) is 20.6. The van der Waals surface area contributed by atoms with Gasteiger partial charge in [-0.2, -0.15) is 4.98 Å². The molecule has 0 unspecified atom stereocenters. The summed E-state index contributed by atoms with van der Waals surface area (Å²) in [5, 5.41) is 6.93. The minimum atomic E-state index is -0.0194. The van der Waals surface area contributed by atoms with Crippen molar-refractivity contribution in [3.05, 3.63) is 41.5 Å². The molecule has 1 amide bonds. The molecular formula is C18H23N3O3. The van der Waals surface area contributed by atoms with E-state index in [9.17, 15) is 4.79 Å². The van der Waals surface area contributed by atoms with Gasteiger partial charge in [0.1, 0.15) is 5.75 Å². The van der Waals surface area contributed by atoms with Gasteiger partial charge >= 0.3 is 0 Å². The first-order valence-electron chi connectivity index (χ1n) is 8.45. The van der Waals surface area contributed by atoms with Gasteiger partial charge in [-0.15, -0.1) is 0 Å². The number of nitrogens with zero attached hydrogens (tertiary/aromatic N) is 2. The molecule has 0 radical (unpaired) electrons. The predicted octanol–water partition coefficient (Wildman–Crippen LogP) is 3.27. The van der Waals surface area contributed by atoms with Gasteiger partial charge in [-0.25, -0.2) is 0 Å². The summed E-state index contributed by atoms with van der Waals surface area (Å²) in [4.78, 5) is 16.4. The molecule has 0 saturated heterocycles. The molecule has 1 aromatic carbocycles. The molecule has 3 rings (SSSR count). The number of amides is 1. The molecule has 2 aromatic rings. The lowest BCUT2D eigenvalue weighted by Crippen LogP contribution is -2.41. The second kappa shape index (κ2) is 7.47. The first kappa shape index (κ1) is 16.5. The molecule has 1 aromatic heterocycles. The summed E-state index contributed by atoms with van der Waals surface area (Å²) in [7, 11) is 0. The molecule has 1 N–H and O–H groups in total. The second-order valence-corrected chi connectivity index (χ2v) is 6.38. The van der Waals surface area contributed by atoms with Crippen molar-refractivity contribution in [3.8, 4) is 5.75 Å². The van der Waals surface area contributed by atoms with E-state index in [0.717, 1.165) is 6.42 Å². The number of ether oxygens (including phenoxy) is 1. The molecule has 0 aliphatic heterocycles. The predicted molar refractivity (Wildman–Crippen MR) is 88.7 cm³/mol. The molecule has 1 aliphatic rings. The summed E-state index contributed by atoms with van der Waals surface area (Å²) in [5.41, 5.74) is 0.649. The standard InChI is InChI=1S/C18H23N3O3/c1-12-5-3-4-6-16(12)20-18(22)14-7-9-15(10-8-14)23-11-17-19-13(2)24-21-17/h7-10,12,16H,3-6,11H2,1-2H3,(H,20,22)/t12-,16+/m1/s1. The van der Waals surface area contributed by atoms with Gasteiger partial charge in [-0.1, -0.05) is 24.9 Å². The molecular weight excluding hydrogens is 306 g/mol. The summed E-state index contributed by atoms with van der Waals surface area (Å²) in [5.74, 6) is 2.20. The molecule has 1 saturated carbocycles. The molecule has 0 bridgehead atoms. The maximum atomic E-state index is 12.4. The molecule has 128 valence electrons. The van der Waals surface area contributed by atoms with E-state index in [0.29, 0.717) is 28.9 Å². The van der Waals surface area contributed by atoms with E-state index in [1.807, 2.05) is 0 Å². The fourth-order valence-corrected chi connectivity index (χ4v) is 3.03. The molecule has 6 nitrogen and oxygen atoms in total. The van der Waals surface area contributed by atoms with Crippen LogP contribution in [0.4, 0.5) is 0 Å². The average molecular weight is 329 g/mol. The molecule has 0 spiro atoms. The van der Waals surface area contributed by atoms with Crippen molar-refractivity contribution in [1.82, 2.24) is 15.5 Å². The third kappa shape index (κ3) is 4.13. The van der Waals surface area contributed by atoms with Crippen LogP contribution in [0.15, 0.2) is 28.8 Å². The third-order valence-corrected chi connectivity index (χ3v) is 4.48. The summed E-state index contributed by atoms with van der Waals surface area (Å²) in [6, 6.07) is 7.40. The summed E-state index contributed by atoms with van der Waals surface area (Å²) in [6.07, 6.45) is 4.71. The topological polar surface area (TPSA) is 77.2 Å². The van der Waals surface area contributed by atoms with Crippen molar-refractivity contribution in [2.75, 3.05) is 0 Å². The molecule has 1 fully saturated rings. The van der Waals surface area contributed by atoms with Crippen LogP contribution in [0.5, 0.6) is 5.75 Å². The summed E-state index contributed by atoms with van der Waals surface area (Å²) in [6.45, 7) is 4.18. The molecule has 2 atom stereocenters. The minimum absolute atomic E-state index is 0.0194. The fourth-order valence-electron chi connectivity index (χ4n) is 3.03. The second-order valence-electron chi connectivity index (χ2n) is 6.38. The number of rotatable bonds is 5. The van der Waals surface area contributed by atoms with Crippen molar-refractivity contribution in [2.45, 2.75) is 52.2 Å². The number of aryl methyl sites for hydroxylation is 1. The Balaban J connectivity index is 1.54. The van der Waals surface area contributed by atoms with E-state index >= 15 is 0 Å². The lowest BCUT2D eigenvalue weighted by Gasteiger charge is -2.29. The zero-order chi connectivity index (χ0) is 16.9. The quantitative estimate of drug-likeness (QED) is 0.911. The minimum Gasteiger partial charge on any atom is -0.485 e. The van der Waals surface area contributed by atoms with Gasteiger partial charge in [0.2, 0.25) is 11.7 Å². The number of carbonyl (C=O) groups is 1. The largest absolute Gasteiger partial charge is 0.485 e. The van der Waals surface area contributed by atoms with Gasteiger partial charge in [0.05, 0.1) is 0 Å². The van der Waals surface area contributed by atoms with E-state index in [4.69, 9.17) is 9.26 Å². The van der Waals surface area contributed by atoms with Crippen LogP contribution in [-0.4, -0.2) is 22.1 Å². The molecule has 1 heterocycles. The lowest BCUT2D eigenvalue weighted by atomic mass is 9.86. The van der Waals surface area contributed by atoms with E-state index in [2.05, 4.69) is 22.4 Å². The number of hydrogen-bond acceptors (Lipinski definition) is 5. The number of benzene rings is 1. The summed E-state index contributed by atoms with van der Waals surface area (Å²) >= 11 is 0. The van der Waals surface area contributed by atoms with Gasteiger partial charge in [-0.05, 0) is 43.0 Å². The van der Waals surface area contributed by atoms with Gasteiger partial charge in [0.25, 0.3) is 5.91 Å². The lowest BCUT2D eigenvalue weighted by molar-refractivity contribution is 0.0910. The maximum Gasteiger partial charge on any atom is 0.251 e. The van der Waals surface area contributed by atoms with Crippen molar-refractivity contribution in [2.24, 2.45) is 5.92 Å². The maximum absolute atomic E-state index is 12.4. The Kier molecular flexibility index (Phi) is 5.13. The Bertz CT molecular complexity index is 681. The van der Waals surface area contributed by atoms with Gasteiger partial charge in [0.15, 0.2) is 6.61 Å². The van der Waals surface area contributed by atoms with Crippen LogP contribution in [0.2, 0.25) is 0 Å². The van der Waals surface area contributed by atoms with Crippen molar-refractivity contribution in [3.63, 3.8) is 0 Å². The van der Waals surface area contributed by atoms with Gasteiger partial charge in [-0.3, -0.25) is 4.79 Å². The van der Waals surface area contributed by atoms with Crippen LogP contribution in [0.25, 0.3) is 0 Å². The monoisotopic (exact) mass is 329 g/mol. The zero-order valence-electron chi connectivity index (χ0n) is 14.1. The van der Waals surface area contributed by atoms with Gasteiger partial charge < -0.3 is 14.6 Å². The average Bonchev–Trinajstić information content (AvgIpc) is 3.01. The third-order valence-electron chi connectivity index (χ3n) is 4.48. The highest BCUT2D eigenvalue weighted by molar-refractivity contribution is 5.94. The number of nitrogens with one attached hydrogen (secondary N) is 1. The van der Waals surface area contributed by atoms with Crippen LogP contribution in [0.3, 0.4) is 0 Å². The van der Waals surface area contributed by atoms with Crippen LogP contribution >= 0.6 is 0 Å². The van der Waals surface area contributed by atoms with Crippen LogP contribution in [0.1, 0.15) is 54.7 Å². The van der Waals surface area contributed by atoms with Crippen molar-refractivity contribution in [1.29, 1.82) is 0 Å². The van der Waals surface area contributed by atoms with Crippen LogP contribution < -0.4 is 10.1 Å². The number of aromatic nitrogens is 2. The number of hydrogen-bond donors (Lipinski definition) is 1. The highest BCUT2D eigenvalue weighted by Crippen LogP contribution is 2.24. The van der Waals surface area contributed by atoms with Crippen LogP contribution in [-0.2, 0) is 6.61 Å². The highest BCUT2D eigenvalue weighted by atomic mass is 16.5. The Labute approximate surface area is 141 Å². The first-order valence-corrected chi connectivity index (χ1v) is 8.45. The highest BCUT2D eigenvalue weighted by Gasteiger charge is 2.23. The fraction of sp³-hybridized carbons (Fsp3) is 0.500. The van der Waals surface area contributed by atoms with Crippen LogP contribution in [0, 0.1) is 12.8 Å². The molecule has 1 aliphatic carbocycles. The van der Waals surface area contributed by atoms with E-state index < -0.39 is 0 Å². The number of carbonyl (C=O) groups excluding carboxylic acids is 1. The smallest absolute Gasteiger partial charge is 0.251 e. The van der Waals surface area contributed by atoms with Gasteiger partial charge in [0, 0.05) is 18.5 Å². The summed E-state index contributed by atoms with van der Waals surface area (Å²) < 4.78 is 10.5. The Morgan fingerprint density at radius 2 is 2.04 bits per heavy atom. The first-order chi connectivity index (χ1) is 11.6. The van der Waals surface area contributed by atoms with E-state index in [1.54, 1.807) is 31.2 Å². The Morgan fingerprint density at radius 1 is 1.29 bits per heavy atom. The molecule has 24 heavy (non-hydrogen) atoms. The van der Waals surface area contributed by atoms with E-state index in [-0.39, 0.29) is 18.6 Å². The van der Waals surface area contributed by atoms with Crippen molar-refractivity contribution < 1.29 is 14.1 Å². The SMILES string of the molecule is Cc1nc(COc2ccc(C(=O)N[C@H]3CCCC[C@H]3C)cc2)no1. The van der Waals surface area contributed by atoms with Crippen molar-refractivity contribution >= 4 is 5.91 Å². The molecule has 6 heteroatoms. The van der Waals surface area contributed by atoms with E-state index in [1.165, 1.54) is 19.3 Å². The Hall–Kier alpha value is -2.37. The zero-order valence-corrected chi connectivity index (χ0v) is 14.1.